The van der Waals surface area contributed by atoms with Crippen molar-refractivity contribution in [2.24, 2.45) is 0 Å². The molecule has 0 spiro atoms. The average molecular weight is 290 g/mol. The number of phenolic OH excluding ortho intramolecular Hbond substituents is 1. The molecule has 0 bridgehead atoms. The van der Waals surface area contributed by atoms with E-state index in [-0.39, 0.29) is 17.6 Å². The number of aromatic hydroxyl groups is 1. The van der Waals surface area contributed by atoms with Gasteiger partial charge in [0.1, 0.15) is 5.75 Å². The summed E-state index contributed by atoms with van der Waals surface area (Å²) in [6.45, 7) is 1.99. The maximum absolute atomic E-state index is 12.0. The van der Waals surface area contributed by atoms with Gasteiger partial charge in [0.05, 0.1) is 5.69 Å². The Hall–Kier alpha value is -2.00. The van der Waals surface area contributed by atoms with Crippen molar-refractivity contribution in [3.8, 4) is 5.75 Å². The number of hydrogen-bond donors (Lipinski definition) is 2. The van der Waals surface area contributed by atoms with Crippen LogP contribution in [-0.4, -0.2) is 11.0 Å². The van der Waals surface area contributed by atoms with Crippen LogP contribution in [0.4, 0.5) is 5.69 Å². The van der Waals surface area contributed by atoms with Gasteiger partial charge in [0.2, 0.25) is 5.91 Å². The van der Waals surface area contributed by atoms with Crippen LogP contribution in [0.3, 0.4) is 0 Å². The number of benzene rings is 2. The van der Waals surface area contributed by atoms with Crippen LogP contribution in [0.15, 0.2) is 48.5 Å². The summed E-state index contributed by atoms with van der Waals surface area (Å²) in [6, 6.07) is 14.4. The molecule has 2 N–H and O–H groups in total. The van der Waals surface area contributed by atoms with Gasteiger partial charge in [-0.2, -0.15) is 0 Å². The Morgan fingerprint density at radius 1 is 1.25 bits per heavy atom. The number of amides is 1. The second-order valence-electron chi connectivity index (χ2n) is 4.73. The van der Waals surface area contributed by atoms with Gasteiger partial charge in [0, 0.05) is 11.4 Å². The van der Waals surface area contributed by atoms with Crippen LogP contribution in [-0.2, 0) is 4.79 Å². The molecule has 0 heterocycles. The Morgan fingerprint density at radius 2 is 1.95 bits per heavy atom. The molecular weight excluding hydrogens is 274 g/mol. The molecule has 0 aliphatic rings. The van der Waals surface area contributed by atoms with Crippen LogP contribution < -0.4 is 5.32 Å². The highest BCUT2D eigenvalue weighted by Gasteiger charge is 2.12. The zero-order valence-corrected chi connectivity index (χ0v) is 11.9. The second kappa shape index (κ2) is 6.44. The van der Waals surface area contributed by atoms with Crippen LogP contribution in [0.2, 0.25) is 5.02 Å². The highest BCUT2D eigenvalue weighted by Crippen LogP contribution is 2.27. The fraction of sp³-hybridized carbons (Fsp3) is 0.188. The predicted octanol–water partition coefficient (Wildman–Crippen LogP) is 4.18. The van der Waals surface area contributed by atoms with Crippen LogP contribution >= 0.6 is 11.6 Å². The molecule has 0 radical (unpaired) electrons. The van der Waals surface area contributed by atoms with E-state index in [4.69, 9.17) is 11.6 Å². The van der Waals surface area contributed by atoms with Crippen LogP contribution in [0.5, 0.6) is 5.75 Å². The molecule has 0 aromatic heterocycles. The molecule has 0 saturated heterocycles. The first-order valence-electron chi connectivity index (χ1n) is 6.39. The van der Waals surface area contributed by atoms with Gasteiger partial charge in [0.15, 0.2) is 0 Å². The van der Waals surface area contributed by atoms with E-state index in [0.29, 0.717) is 17.1 Å². The third-order valence-electron chi connectivity index (χ3n) is 3.09. The minimum atomic E-state index is -0.154. The van der Waals surface area contributed by atoms with Crippen LogP contribution in [0, 0.1) is 0 Å². The zero-order valence-electron chi connectivity index (χ0n) is 11.1. The summed E-state index contributed by atoms with van der Waals surface area (Å²) in [5.41, 5.74) is 1.45. The van der Waals surface area contributed by atoms with Crippen molar-refractivity contribution < 1.29 is 9.90 Å². The molecule has 20 heavy (non-hydrogen) atoms. The van der Waals surface area contributed by atoms with E-state index < -0.39 is 0 Å². The second-order valence-corrected chi connectivity index (χ2v) is 5.16. The SMILES string of the molecule is CC(CC(=O)Nc1cc(Cl)ccc1O)c1ccccc1. The standard InChI is InChI=1S/C16H16ClNO2/c1-11(12-5-3-2-4-6-12)9-16(20)18-14-10-13(17)7-8-15(14)19/h2-8,10-11,19H,9H2,1H3,(H,18,20). The molecule has 1 atom stereocenters. The van der Waals surface area contributed by atoms with E-state index in [9.17, 15) is 9.90 Å². The Morgan fingerprint density at radius 3 is 2.65 bits per heavy atom. The fourth-order valence-corrected chi connectivity index (χ4v) is 2.16. The monoisotopic (exact) mass is 289 g/mol. The van der Waals surface area contributed by atoms with Gasteiger partial charge in [-0.25, -0.2) is 0 Å². The van der Waals surface area contributed by atoms with E-state index in [1.165, 1.54) is 12.1 Å². The van der Waals surface area contributed by atoms with E-state index in [1.807, 2.05) is 37.3 Å². The average Bonchev–Trinajstić information content (AvgIpc) is 2.43. The van der Waals surface area contributed by atoms with E-state index in [2.05, 4.69) is 5.32 Å². The van der Waals surface area contributed by atoms with Crippen molar-refractivity contribution in [3.05, 3.63) is 59.1 Å². The number of nitrogens with one attached hydrogen (secondary N) is 1. The number of rotatable bonds is 4. The Balaban J connectivity index is 2.01. The molecule has 2 aromatic rings. The van der Waals surface area contributed by atoms with E-state index in [0.717, 1.165) is 5.56 Å². The number of carbonyl (C=O) groups is 1. The molecule has 1 unspecified atom stereocenters. The molecule has 0 saturated carbocycles. The fourth-order valence-electron chi connectivity index (χ4n) is 1.99. The number of hydrogen-bond acceptors (Lipinski definition) is 2. The van der Waals surface area contributed by atoms with Gasteiger partial charge in [-0.05, 0) is 29.7 Å². The van der Waals surface area contributed by atoms with Gasteiger partial charge < -0.3 is 10.4 Å². The van der Waals surface area contributed by atoms with Crippen molar-refractivity contribution in [2.75, 3.05) is 5.32 Å². The lowest BCUT2D eigenvalue weighted by atomic mass is 9.97. The molecule has 2 aromatic carbocycles. The Labute approximate surface area is 123 Å². The lowest BCUT2D eigenvalue weighted by molar-refractivity contribution is -0.116. The molecule has 1 amide bonds. The first-order valence-corrected chi connectivity index (χ1v) is 6.77. The quantitative estimate of drug-likeness (QED) is 0.830. The van der Waals surface area contributed by atoms with Crippen molar-refractivity contribution >= 4 is 23.2 Å². The van der Waals surface area contributed by atoms with Gasteiger partial charge in [-0.15, -0.1) is 0 Å². The molecular formula is C16H16ClNO2. The summed E-state index contributed by atoms with van der Waals surface area (Å²) in [4.78, 5) is 12.0. The number of carbonyl (C=O) groups excluding carboxylic acids is 1. The molecule has 3 nitrogen and oxygen atoms in total. The van der Waals surface area contributed by atoms with Gasteiger partial charge in [-0.3, -0.25) is 4.79 Å². The Bertz CT molecular complexity index is 599. The number of halogens is 1. The van der Waals surface area contributed by atoms with Crippen molar-refractivity contribution in [2.45, 2.75) is 19.3 Å². The van der Waals surface area contributed by atoms with E-state index >= 15 is 0 Å². The van der Waals surface area contributed by atoms with Crippen molar-refractivity contribution in [3.63, 3.8) is 0 Å². The summed E-state index contributed by atoms with van der Waals surface area (Å²) >= 11 is 5.84. The summed E-state index contributed by atoms with van der Waals surface area (Å²) in [5.74, 6) is -0.0356. The first-order chi connectivity index (χ1) is 9.56. The summed E-state index contributed by atoms with van der Waals surface area (Å²) in [6.07, 6.45) is 0.343. The zero-order chi connectivity index (χ0) is 14.5. The topological polar surface area (TPSA) is 49.3 Å². The number of anilines is 1. The normalized spacial score (nSPS) is 11.9. The maximum atomic E-state index is 12.0. The Kier molecular flexibility index (Phi) is 4.64. The minimum absolute atomic E-state index is 0.00936. The predicted molar refractivity (Wildman–Crippen MR) is 81.2 cm³/mol. The summed E-state index contributed by atoms with van der Waals surface area (Å²) in [5, 5.41) is 12.8. The first kappa shape index (κ1) is 14.4. The largest absolute Gasteiger partial charge is 0.506 e. The molecule has 104 valence electrons. The van der Waals surface area contributed by atoms with Gasteiger partial charge in [-0.1, -0.05) is 48.9 Å². The van der Waals surface area contributed by atoms with Gasteiger partial charge in [0.25, 0.3) is 0 Å². The molecule has 2 rings (SSSR count). The van der Waals surface area contributed by atoms with Gasteiger partial charge >= 0.3 is 0 Å². The smallest absolute Gasteiger partial charge is 0.225 e. The molecule has 0 aliphatic heterocycles. The molecule has 0 aliphatic carbocycles. The lowest BCUT2D eigenvalue weighted by Crippen LogP contribution is -2.14. The van der Waals surface area contributed by atoms with Crippen LogP contribution in [0.25, 0.3) is 0 Å². The maximum Gasteiger partial charge on any atom is 0.225 e. The van der Waals surface area contributed by atoms with Crippen molar-refractivity contribution in [1.29, 1.82) is 0 Å². The summed E-state index contributed by atoms with van der Waals surface area (Å²) < 4.78 is 0. The summed E-state index contributed by atoms with van der Waals surface area (Å²) in [7, 11) is 0. The highest BCUT2D eigenvalue weighted by atomic mass is 35.5. The lowest BCUT2D eigenvalue weighted by Gasteiger charge is -2.12. The molecule has 4 heteroatoms. The van der Waals surface area contributed by atoms with Crippen molar-refractivity contribution in [1.82, 2.24) is 0 Å². The van der Waals surface area contributed by atoms with Crippen LogP contribution in [0.1, 0.15) is 24.8 Å². The third kappa shape index (κ3) is 3.75. The van der Waals surface area contributed by atoms with E-state index in [1.54, 1.807) is 6.07 Å². The molecule has 0 fully saturated rings. The number of phenols is 1. The minimum Gasteiger partial charge on any atom is -0.506 e. The third-order valence-corrected chi connectivity index (χ3v) is 3.33. The highest BCUT2D eigenvalue weighted by molar-refractivity contribution is 6.31.